The van der Waals surface area contributed by atoms with Crippen LogP contribution in [0.15, 0.2) is 30.3 Å². The minimum absolute atomic E-state index is 0.00770. The Morgan fingerprint density at radius 1 is 1.07 bits per heavy atom. The van der Waals surface area contributed by atoms with Crippen LogP contribution >= 0.6 is 11.6 Å². The molecule has 10 heteroatoms. The van der Waals surface area contributed by atoms with Crippen LogP contribution in [0, 0.1) is 0 Å². The molecule has 28 heavy (non-hydrogen) atoms. The predicted molar refractivity (Wildman–Crippen MR) is 96.1 cm³/mol. The molecule has 0 saturated heterocycles. The molecule has 0 atom stereocenters. The molecule has 2 N–H and O–H groups in total. The maximum Gasteiger partial charge on any atom is 0.418 e. The van der Waals surface area contributed by atoms with E-state index in [0.717, 1.165) is 12.1 Å². The highest BCUT2D eigenvalue weighted by Crippen LogP contribution is 2.39. The van der Waals surface area contributed by atoms with E-state index in [2.05, 4.69) is 10.6 Å². The van der Waals surface area contributed by atoms with Crippen molar-refractivity contribution < 1.29 is 32.2 Å². The second-order valence-electron chi connectivity index (χ2n) is 5.88. The maximum absolute atomic E-state index is 13.4. The van der Waals surface area contributed by atoms with Crippen molar-refractivity contribution >= 4 is 34.8 Å². The average Bonchev–Trinajstić information content (AvgIpc) is 2.61. The molecule has 1 aliphatic rings. The van der Waals surface area contributed by atoms with Crippen molar-refractivity contribution in [3.63, 3.8) is 0 Å². The Morgan fingerprint density at radius 3 is 2.46 bits per heavy atom. The van der Waals surface area contributed by atoms with Gasteiger partial charge in [0, 0.05) is 18.2 Å². The summed E-state index contributed by atoms with van der Waals surface area (Å²) in [5.74, 6) is -0.812. The lowest BCUT2D eigenvalue weighted by Gasteiger charge is -2.20. The van der Waals surface area contributed by atoms with Gasteiger partial charge in [0.05, 0.1) is 16.3 Å². The number of halogens is 4. The average molecular weight is 415 g/mol. The Bertz CT molecular complexity index is 947. The molecule has 2 aromatic rings. The monoisotopic (exact) mass is 414 g/mol. The molecular formula is C18H14ClF3N2O4. The molecule has 2 aromatic carbocycles. The minimum Gasteiger partial charge on any atom is -0.486 e. The second kappa shape index (κ2) is 7.59. The summed E-state index contributed by atoms with van der Waals surface area (Å²) in [5, 5.41) is 4.60. The molecule has 0 radical (unpaired) electrons. The van der Waals surface area contributed by atoms with E-state index >= 15 is 0 Å². The van der Waals surface area contributed by atoms with Crippen LogP contribution in [-0.2, 0) is 11.0 Å². The number of hydrogen-bond acceptors (Lipinski definition) is 4. The van der Waals surface area contributed by atoms with Crippen LogP contribution in [0.1, 0.15) is 22.8 Å². The Balaban J connectivity index is 1.91. The molecule has 0 aliphatic carbocycles. The summed E-state index contributed by atoms with van der Waals surface area (Å²) in [7, 11) is 0. The van der Waals surface area contributed by atoms with Crippen LogP contribution in [0.4, 0.5) is 24.5 Å². The van der Waals surface area contributed by atoms with Crippen molar-refractivity contribution in [2.24, 2.45) is 0 Å². The highest BCUT2D eigenvalue weighted by molar-refractivity contribution is 6.32. The highest BCUT2D eigenvalue weighted by atomic mass is 35.5. The third-order valence-electron chi connectivity index (χ3n) is 3.75. The van der Waals surface area contributed by atoms with Gasteiger partial charge in [0.25, 0.3) is 5.91 Å². The number of rotatable bonds is 3. The zero-order chi connectivity index (χ0) is 20.5. The normalized spacial score (nSPS) is 13.0. The number of amides is 2. The number of carbonyl (C=O) groups excluding carboxylic acids is 2. The number of carbonyl (C=O) groups is 2. The van der Waals surface area contributed by atoms with Crippen molar-refractivity contribution in [3.05, 3.63) is 46.5 Å². The maximum atomic E-state index is 13.4. The van der Waals surface area contributed by atoms with E-state index in [1.54, 1.807) is 0 Å². The molecule has 1 heterocycles. The van der Waals surface area contributed by atoms with E-state index in [9.17, 15) is 22.8 Å². The first-order valence-corrected chi connectivity index (χ1v) is 8.42. The van der Waals surface area contributed by atoms with Crippen molar-refractivity contribution in [2.45, 2.75) is 13.1 Å². The quantitative estimate of drug-likeness (QED) is 0.783. The first-order valence-electron chi connectivity index (χ1n) is 8.04. The molecule has 6 nitrogen and oxygen atoms in total. The summed E-state index contributed by atoms with van der Waals surface area (Å²) in [6.45, 7) is 1.74. The summed E-state index contributed by atoms with van der Waals surface area (Å²) in [6, 6.07) is 5.68. The number of fused-ring (bicyclic) bond motifs is 1. The van der Waals surface area contributed by atoms with Crippen molar-refractivity contribution in [1.29, 1.82) is 0 Å². The van der Waals surface area contributed by atoms with Crippen molar-refractivity contribution in [3.8, 4) is 11.5 Å². The Morgan fingerprint density at radius 2 is 1.79 bits per heavy atom. The molecule has 0 saturated carbocycles. The summed E-state index contributed by atoms with van der Waals surface area (Å²) in [4.78, 5) is 23.6. The lowest BCUT2D eigenvalue weighted by Crippen LogP contribution is -2.19. The van der Waals surface area contributed by atoms with Gasteiger partial charge in [-0.1, -0.05) is 11.6 Å². The number of benzene rings is 2. The fourth-order valence-corrected chi connectivity index (χ4v) is 2.87. The number of anilines is 2. The van der Waals surface area contributed by atoms with Crippen LogP contribution in [0.25, 0.3) is 0 Å². The molecule has 3 rings (SSSR count). The van der Waals surface area contributed by atoms with E-state index in [1.165, 1.54) is 25.1 Å². The Labute approximate surface area is 162 Å². The third-order valence-corrected chi connectivity index (χ3v) is 4.03. The number of alkyl halides is 3. The van der Waals surface area contributed by atoms with Crippen molar-refractivity contribution in [2.75, 3.05) is 23.8 Å². The number of hydrogen-bond donors (Lipinski definition) is 2. The Hall–Kier alpha value is -2.94. The molecule has 0 fully saturated rings. The highest BCUT2D eigenvalue weighted by Gasteiger charge is 2.34. The lowest BCUT2D eigenvalue weighted by molar-refractivity contribution is -0.137. The van der Waals surface area contributed by atoms with Gasteiger partial charge in [-0.05, 0) is 30.3 Å². The fourth-order valence-electron chi connectivity index (χ4n) is 2.61. The predicted octanol–water partition coefficient (Wildman–Crippen LogP) is 4.34. The molecule has 0 aromatic heterocycles. The lowest BCUT2D eigenvalue weighted by atomic mass is 10.1. The standard InChI is InChI=1S/C18H14ClF3N2O4/c1-9(25)23-11-2-3-14(12(8-11)18(20,21)22)24-17(26)10-6-13(19)16-15(7-10)27-4-5-28-16/h2-3,6-8H,4-5H2,1H3,(H,23,25)(H,24,26). The molecule has 0 bridgehead atoms. The second-order valence-corrected chi connectivity index (χ2v) is 6.28. The fraction of sp³-hybridized carbons (Fsp3) is 0.222. The zero-order valence-corrected chi connectivity index (χ0v) is 15.2. The zero-order valence-electron chi connectivity index (χ0n) is 14.4. The summed E-state index contributed by atoms with van der Waals surface area (Å²) in [6.07, 6.45) is -4.75. The first-order chi connectivity index (χ1) is 13.1. The van der Waals surface area contributed by atoms with E-state index in [1.807, 2.05) is 0 Å². The van der Waals surface area contributed by atoms with Gasteiger partial charge >= 0.3 is 6.18 Å². The molecule has 148 valence electrons. The number of ether oxygens (including phenoxy) is 2. The largest absolute Gasteiger partial charge is 0.486 e. The molecule has 0 unspecified atom stereocenters. The van der Waals surface area contributed by atoms with Gasteiger partial charge < -0.3 is 20.1 Å². The molecule has 1 aliphatic heterocycles. The van der Waals surface area contributed by atoms with Crippen LogP contribution in [0.2, 0.25) is 5.02 Å². The van der Waals surface area contributed by atoms with Gasteiger partial charge in [0.1, 0.15) is 13.2 Å². The summed E-state index contributed by atoms with van der Waals surface area (Å²) >= 11 is 6.06. The number of nitrogens with one attached hydrogen (secondary N) is 2. The SMILES string of the molecule is CC(=O)Nc1ccc(NC(=O)c2cc(Cl)c3c(c2)OCCO3)c(C(F)(F)F)c1. The van der Waals surface area contributed by atoms with E-state index < -0.39 is 29.2 Å². The van der Waals surface area contributed by atoms with Crippen LogP contribution in [0.3, 0.4) is 0 Å². The van der Waals surface area contributed by atoms with Gasteiger partial charge in [-0.25, -0.2) is 0 Å². The minimum atomic E-state index is -4.75. The molecule has 0 spiro atoms. The summed E-state index contributed by atoms with van der Waals surface area (Å²) < 4.78 is 50.9. The van der Waals surface area contributed by atoms with Gasteiger partial charge in [-0.3, -0.25) is 9.59 Å². The van der Waals surface area contributed by atoms with Gasteiger partial charge in [-0.2, -0.15) is 13.2 Å². The first kappa shape index (κ1) is 19.8. The molecule has 2 amide bonds. The van der Waals surface area contributed by atoms with Crippen LogP contribution in [0.5, 0.6) is 11.5 Å². The van der Waals surface area contributed by atoms with Gasteiger partial charge in [0.2, 0.25) is 5.91 Å². The summed E-state index contributed by atoms with van der Waals surface area (Å²) in [5.41, 5.74) is -1.60. The van der Waals surface area contributed by atoms with E-state index in [0.29, 0.717) is 6.61 Å². The van der Waals surface area contributed by atoms with Crippen molar-refractivity contribution in [1.82, 2.24) is 0 Å². The van der Waals surface area contributed by atoms with Crippen LogP contribution < -0.4 is 20.1 Å². The molecular weight excluding hydrogens is 401 g/mol. The Kier molecular flexibility index (Phi) is 5.37. The van der Waals surface area contributed by atoms with Crippen LogP contribution in [-0.4, -0.2) is 25.0 Å². The smallest absolute Gasteiger partial charge is 0.418 e. The topological polar surface area (TPSA) is 76.7 Å². The van der Waals surface area contributed by atoms with E-state index in [-0.39, 0.29) is 34.4 Å². The van der Waals surface area contributed by atoms with E-state index in [4.69, 9.17) is 21.1 Å². The van der Waals surface area contributed by atoms with Gasteiger partial charge in [-0.15, -0.1) is 0 Å². The van der Waals surface area contributed by atoms with Gasteiger partial charge in [0.15, 0.2) is 11.5 Å². The third kappa shape index (κ3) is 4.30.